The van der Waals surface area contributed by atoms with Crippen LogP contribution in [0.15, 0.2) is 182 Å². The van der Waals surface area contributed by atoms with Crippen molar-refractivity contribution in [3.05, 3.63) is 232 Å². The summed E-state index contributed by atoms with van der Waals surface area (Å²) in [7, 11) is 0. The summed E-state index contributed by atoms with van der Waals surface area (Å²) in [6, 6.07) is 63.9. The van der Waals surface area contributed by atoms with E-state index in [2.05, 4.69) is 168 Å². The Morgan fingerprint density at radius 3 is 1.51 bits per heavy atom. The molecule has 0 aliphatic heterocycles. The average Bonchev–Trinajstić information content (AvgIpc) is 3.80. The topological polar surface area (TPSA) is 3.24 Å². The van der Waals surface area contributed by atoms with E-state index in [1.54, 1.807) is 6.07 Å². The number of fused-ring (bicyclic) bond motifs is 7. The van der Waals surface area contributed by atoms with Crippen molar-refractivity contribution in [2.45, 2.75) is 57.8 Å². The van der Waals surface area contributed by atoms with Gasteiger partial charge in [-0.15, -0.1) is 0 Å². The molecule has 3 aliphatic carbocycles. The lowest BCUT2D eigenvalue weighted by atomic mass is 9.75. The van der Waals surface area contributed by atoms with Crippen LogP contribution in [0, 0.1) is 5.82 Å². The number of rotatable bonds is 7. The molecule has 8 aromatic rings. The minimum Gasteiger partial charge on any atom is -0.307 e. The average molecular weight is 816 g/mol. The van der Waals surface area contributed by atoms with Crippen LogP contribution in [-0.2, 0) is 16.2 Å². The number of para-hydroxylation sites is 1. The summed E-state index contributed by atoms with van der Waals surface area (Å²) in [6.45, 7) is 14.2. The number of anilines is 3. The third-order valence-corrected chi connectivity index (χ3v) is 14.3. The van der Waals surface area contributed by atoms with Gasteiger partial charge in [-0.3, -0.25) is 0 Å². The molecule has 0 saturated carbocycles. The lowest BCUT2D eigenvalue weighted by Crippen LogP contribution is -2.19. The zero-order valence-electron chi connectivity index (χ0n) is 36.8. The molecule has 1 nitrogen and oxygen atoms in total. The van der Waals surface area contributed by atoms with Crippen LogP contribution < -0.4 is 4.90 Å². The first-order chi connectivity index (χ1) is 30.4. The Bertz CT molecular complexity index is 3180. The van der Waals surface area contributed by atoms with E-state index < -0.39 is 0 Å². The van der Waals surface area contributed by atoms with Gasteiger partial charge in [0, 0.05) is 33.2 Å². The third-order valence-electron chi connectivity index (χ3n) is 14.3. The lowest BCUT2D eigenvalue weighted by Gasteiger charge is -2.30. The molecule has 0 heterocycles. The fourth-order valence-corrected chi connectivity index (χ4v) is 11.1. The van der Waals surface area contributed by atoms with Crippen LogP contribution >= 0.6 is 0 Å². The van der Waals surface area contributed by atoms with Gasteiger partial charge < -0.3 is 4.90 Å². The lowest BCUT2D eigenvalue weighted by molar-refractivity contribution is 0.629. The highest BCUT2D eigenvalue weighted by Gasteiger charge is 2.49. The number of halogens is 1. The summed E-state index contributed by atoms with van der Waals surface area (Å²) < 4.78 is 17.2. The van der Waals surface area contributed by atoms with Crippen molar-refractivity contribution in [1.29, 1.82) is 0 Å². The highest BCUT2D eigenvalue weighted by atomic mass is 19.1. The van der Waals surface area contributed by atoms with Gasteiger partial charge in [0.05, 0.1) is 5.69 Å². The van der Waals surface area contributed by atoms with E-state index in [4.69, 9.17) is 0 Å². The maximum atomic E-state index is 17.2. The van der Waals surface area contributed by atoms with Gasteiger partial charge in [-0.1, -0.05) is 199 Å². The van der Waals surface area contributed by atoms with E-state index in [-0.39, 0.29) is 22.1 Å². The predicted octanol–water partition coefficient (Wildman–Crippen LogP) is 16.6. The van der Waals surface area contributed by atoms with Crippen molar-refractivity contribution in [2.75, 3.05) is 4.90 Å². The summed E-state index contributed by atoms with van der Waals surface area (Å²) in [6.07, 6.45) is 4.53. The predicted molar refractivity (Wildman–Crippen MR) is 264 cm³/mol. The van der Waals surface area contributed by atoms with Gasteiger partial charge in [-0.25, -0.2) is 4.39 Å². The van der Waals surface area contributed by atoms with Crippen LogP contribution in [-0.4, -0.2) is 0 Å². The zero-order chi connectivity index (χ0) is 43.3. The van der Waals surface area contributed by atoms with Crippen molar-refractivity contribution in [1.82, 2.24) is 0 Å². The number of benzene rings is 8. The maximum Gasteiger partial charge on any atom is 0.148 e. The fraction of sp³-hybridized carbons (Fsp3) is 0.148. The summed E-state index contributed by atoms with van der Waals surface area (Å²) >= 11 is 0. The van der Waals surface area contributed by atoms with E-state index in [9.17, 15) is 0 Å². The second-order valence-corrected chi connectivity index (χ2v) is 19.1. The van der Waals surface area contributed by atoms with Crippen molar-refractivity contribution in [3.8, 4) is 33.4 Å². The van der Waals surface area contributed by atoms with Crippen molar-refractivity contribution in [2.24, 2.45) is 0 Å². The molecule has 0 fully saturated rings. The Balaban J connectivity index is 0.952. The second-order valence-electron chi connectivity index (χ2n) is 19.1. The molecule has 3 aliphatic rings. The van der Waals surface area contributed by atoms with Crippen LogP contribution in [0.4, 0.5) is 21.5 Å². The fourth-order valence-electron chi connectivity index (χ4n) is 11.1. The summed E-state index contributed by atoms with van der Waals surface area (Å²) in [5.74, 6) is -0.278. The molecule has 11 rings (SSSR count). The van der Waals surface area contributed by atoms with Gasteiger partial charge in [-0.05, 0) is 120 Å². The number of nitrogens with zero attached hydrogens (tertiary/aromatic N) is 1. The molecule has 0 radical (unpaired) electrons. The van der Waals surface area contributed by atoms with Gasteiger partial charge >= 0.3 is 0 Å². The van der Waals surface area contributed by atoms with E-state index in [0.29, 0.717) is 5.69 Å². The first-order valence-electron chi connectivity index (χ1n) is 22.2. The zero-order valence-corrected chi connectivity index (χ0v) is 36.8. The molecule has 0 saturated heterocycles. The largest absolute Gasteiger partial charge is 0.307 e. The van der Waals surface area contributed by atoms with Gasteiger partial charge in [0.25, 0.3) is 0 Å². The van der Waals surface area contributed by atoms with Crippen molar-refractivity contribution >= 4 is 40.4 Å². The third kappa shape index (κ3) is 6.03. The van der Waals surface area contributed by atoms with Crippen LogP contribution in [0.3, 0.4) is 0 Å². The Kier molecular flexibility index (Phi) is 8.80. The molecule has 0 bridgehead atoms. The Morgan fingerprint density at radius 2 is 0.857 bits per heavy atom. The maximum absolute atomic E-state index is 17.2. The molecular formula is C61H50FN. The molecule has 2 heteroatoms. The molecule has 0 aromatic heterocycles. The standard InChI is InChI=1S/C61H50FN/c1-59(2)52-34-39(26-27-40-29-32-49-53(35-40)61(5,6)56-48-24-16-17-25-51(48)60(3,4)57(49)56)28-31-46(52)47-33-30-45(38-54(47)59)63(44-22-14-9-15-23-44)58-50(42-20-12-8-13-21-42)36-43(37-55(58)62)41-18-10-7-11-19-41/h7-38H,1-6H3. The summed E-state index contributed by atoms with van der Waals surface area (Å²) in [5, 5.41) is 0. The first-order valence-corrected chi connectivity index (χ1v) is 22.2. The minimum atomic E-state index is -0.294. The van der Waals surface area contributed by atoms with E-state index >= 15 is 4.39 Å². The smallest absolute Gasteiger partial charge is 0.148 e. The van der Waals surface area contributed by atoms with E-state index in [1.807, 2.05) is 66.7 Å². The van der Waals surface area contributed by atoms with Gasteiger partial charge in [0.2, 0.25) is 0 Å². The molecule has 0 atom stereocenters. The van der Waals surface area contributed by atoms with Gasteiger partial charge in [0.15, 0.2) is 0 Å². The quantitative estimate of drug-likeness (QED) is 0.145. The van der Waals surface area contributed by atoms with Gasteiger partial charge in [0.1, 0.15) is 5.82 Å². The molecule has 0 unspecified atom stereocenters. The molecule has 63 heavy (non-hydrogen) atoms. The summed E-state index contributed by atoms with van der Waals surface area (Å²) in [4.78, 5) is 2.10. The molecular weight excluding hydrogens is 766 g/mol. The minimum absolute atomic E-state index is 0.0311. The molecule has 306 valence electrons. The van der Waals surface area contributed by atoms with E-state index in [0.717, 1.165) is 33.6 Å². The molecule has 0 N–H and O–H groups in total. The first kappa shape index (κ1) is 38.9. The number of hydrogen-bond acceptors (Lipinski definition) is 1. The van der Waals surface area contributed by atoms with Crippen LogP contribution in [0.2, 0.25) is 0 Å². The number of allylic oxidation sites excluding steroid dienone is 2. The monoisotopic (exact) mass is 815 g/mol. The molecule has 0 spiro atoms. The Labute approximate surface area is 371 Å². The Morgan fingerprint density at radius 1 is 0.365 bits per heavy atom. The normalized spacial score (nSPS) is 15.8. The summed E-state index contributed by atoms with van der Waals surface area (Å²) in [5.41, 5.74) is 21.5. The van der Waals surface area contributed by atoms with Gasteiger partial charge in [-0.2, -0.15) is 0 Å². The van der Waals surface area contributed by atoms with Crippen molar-refractivity contribution < 1.29 is 4.39 Å². The molecule has 0 amide bonds. The van der Waals surface area contributed by atoms with Crippen LogP contribution in [0.25, 0.3) is 56.7 Å². The highest BCUT2D eigenvalue weighted by Crippen LogP contribution is 2.62. The molecule has 8 aromatic carbocycles. The van der Waals surface area contributed by atoms with Crippen LogP contribution in [0.5, 0.6) is 0 Å². The number of hydrogen-bond donors (Lipinski definition) is 0. The SMILES string of the molecule is CC1(C)C2=C(c3ccccc31)C(C)(C)c1cc(C=Cc3ccc4c(c3)C(C)(C)c3cc(N(c5ccccc5)c5c(F)cc(-c6ccccc6)cc5-c5ccccc5)ccc3-4)ccc12. The van der Waals surface area contributed by atoms with Crippen LogP contribution in [0.1, 0.15) is 86.1 Å². The van der Waals surface area contributed by atoms with Crippen molar-refractivity contribution in [3.63, 3.8) is 0 Å². The Hall–Kier alpha value is -7.03. The second kappa shape index (κ2) is 14.3. The highest BCUT2D eigenvalue weighted by molar-refractivity contribution is 6.09. The van der Waals surface area contributed by atoms with E-state index in [1.165, 1.54) is 66.8 Å².